The molecule has 0 aliphatic rings. The van der Waals surface area contributed by atoms with E-state index < -0.39 is 5.97 Å². The maximum Gasteiger partial charge on any atom is 0.323 e. The summed E-state index contributed by atoms with van der Waals surface area (Å²) >= 11 is 0. The number of carbonyl (C=O) groups excluding carboxylic acids is 1. The van der Waals surface area contributed by atoms with Gasteiger partial charge >= 0.3 is 5.97 Å². The number of ether oxygens (including phenoxy) is 1. The van der Waals surface area contributed by atoms with Crippen molar-refractivity contribution in [3.05, 3.63) is 23.9 Å². The van der Waals surface area contributed by atoms with Gasteiger partial charge in [0.15, 0.2) is 0 Å². The summed E-state index contributed by atoms with van der Waals surface area (Å²) in [5.74, 6) is -0.980. The van der Waals surface area contributed by atoms with Gasteiger partial charge in [0.2, 0.25) is 5.88 Å². The van der Waals surface area contributed by atoms with Crippen molar-refractivity contribution in [2.75, 3.05) is 6.54 Å². The number of hydrogen-bond donors (Lipinski definition) is 1. The van der Waals surface area contributed by atoms with Gasteiger partial charge in [0, 0.05) is 23.9 Å². The molecule has 1 N–H and O–H groups in total. The quantitative estimate of drug-likeness (QED) is 0.798. The number of hydrogen-bond acceptors (Lipinski definition) is 4. The van der Waals surface area contributed by atoms with Crippen molar-refractivity contribution in [1.29, 1.82) is 0 Å². The van der Waals surface area contributed by atoms with Crippen molar-refractivity contribution < 1.29 is 19.4 Å². The number of carboxylic acids is 1. The van der Waals surface area contributed by atoms with Gasteiger partial charge in [0.25, 0.3) is 5.91 Å². The van der Waals surface area contributed by atoms with Crippen LogP contribution in [0.3, 0.4) is 0 Å². The van der Waals surface area contributed by atoms with E-state index in [1.54, 1.807) is 12.1 Å². The smallest absolute Gasteiger partial charge is 0.323 e. The van der Waals surface area contributed by atoms with Gasteiger partial charge in [0.05, 0.1) is 6.10 Å². The van der Waals surface area contributed by atoms with Crippen molar-refractivity contribution in [3.63, 3.8) is 0 Å². The second-order valence-electron chi connectivity index (χ2n) is 5.30. The van der Waals surface area contributed by atoms with Crippen LogP contribution in [0, 0.1) is 0 Å². The van der Waals surface area contributed by atoms with Gasteiger partial charge < -0.3 is 14.7 Å². The predicted octanol–water partition coefficient (Wildman–Crippen LogP) is 2.58. The van der Waals surface area contributed by atoms with Gasteiger partial charge in [-0.1, -0.05) is 13.8 Å². The van der Waals surface area contributed by atoms with E-state index in [-0.39, 0.29) is 24.6 Å². The molecule has 2 unspecified atom stereocenters. The van der Waals surface area contributed by atoms with Gasteiger partial charge in [0.1, 0.15) is 6.54 Å². The first kappa shape index (κ1) is 17.9. The van der Waals surface area contributed by atoms with Crippen LogP contribution in [0.15, 0.2) is 18.3 Å². The molecule has 6 heteroatoms. The van der Waals surface area contributed by atoms with Gasteiger partial charge in [-0.25, -0.2) is 4.98 Å². The summed E-state index contributed by atoms with van der Waals surface area (Å²) in [5, 5.41) is 9.00. The summed E-state index contributed by atoms with van der Waals surface area (Å²) in [6.45, 7) is 7.34. The Hall–Kier alpha value is -2.11. The third-order valence-corrected chi connectivity index (χ3v) is 3.57. The zero-order chi connectivity index (χ0) is 16.7. The Bertz CT molecular complexity index is 519. The zero-order valence-electron chi connectivity index (χ0n) is 13.6. The first-order valence-corrected chi connectivity index (χ1v) is 7.54. The van der Waals surface area contributed by atoms with E-state index >= 15 is 0 Å². The van der Waals surface area contributed by atoms with E-state index in [0.717, 1.165) is 6.42 Å². The van der Waals surface area contributed by atoms with E-state index in [0.29, 0.717) is 17.9 Å². The van der Waals surface area contributed by atoms with Crippen molar-refractivity contribution in [3.8, 4) is 5.88 Å². The van der Waals surface area contributed by atoms with Crippen LogP contribution in [0.1, 0.15) is 50.9 Å². The van der Waals surface area contributed by atoms with Gasteiger partial charge in [-0.05, 0) is 32.8 Å². The van der Waals surface area contributed by atoms with E-state index in [2.05, 4.69) is 4.98 Å². The van der Waals surface area contributed by atoms with Crippen LogP contribution in [0.2, 0.25) is 0 Å². The molecule has 0 saturated heterocycles. The average Bonchev–Trinajstić information content (AvgIpc) is 2.51. The minimum absolute atomic E-state index is 0.00235. The largest absolute Gasteiger partial charge is 0.480 e. The molecular formula is C16H24N2O4. The normalized spacial score (nSPS) is 13.3. The van der Waals surface area contributed by atoms with Crippen LogP contribution >= 0.6 is 0 Å². The Morgan fingerprint density at radius 3 is 2.55 bits per heavy atom. The molecule has 2 atom stereocenters. The lowest BCUT2D eigenvalue weighted by Crippen LogP contribution is -2.41. The van der Waals surface area contributed by atoms with Crippen LogP contribution in [-0.4, -0.2) is 45.6 Å². The zero-order valence-corrected chi connectivity index (χ0v) is 13.6. The van der Waals surface area contributed by atoms with E-state index in [1.165, 1.54) is 11.1 Å². The fourth-order valence-corrected chi connectivity index (χ4v) is 1.86. The topological polar surface area (TPSA) is 79.7 Å². The molecule has 0 spiro atoms. The van der Waals surface area contributed by atoms with Crippen LogP contribution in [0.25, 0.3) is 0 Å². The highest BCUT2D eigenvalue weighted by Crippen LogP contribution is 2.16. The Kier molecular flexibility index (Phi) is 6.82. The standard InChI is InChI=1S/C16H24N2O4/c1-5-11(3)18(10-15(19)20)16(21)13-7-8-17-14(9-13)22-12(4)6-2/h7-9,11-12H,5-6,10H2,1-4H3,(H,19,20). The second-order valence-corrected chi connectivity index (χ2v) is 5.30. The Labute approximate surface area is 131 Å². The van der Waals surface area contributed by atoms with Crippen molar-refractivity contribution >= 4 is 11.9 Å². The van der Waals surface area contributed by atoms with Gasteiger partial charge in [-0.2, -0.15) is 0 Å². The lowest BCUT2D eigenvalue weighted by molar-refractivity contribution is -0.138. The number of amides is 1. The average molecular weight is 308 g/mol. The minimum Gasteiger partial charge on any atom is -0.480 e. The molecule has 1 heterocycles. The highest BCUT2D eigenvalue weighted by Gasteiger charge is 2.23. The molecule has 0 fully saturated rings. The first-order valence-electron chi connectivity index (χ1n) is 7.54. The summed E-state index contributed by atoms with van der Waals surface area (Å²) in [7, 11) is 0. The Morgan fingerprint density at radius 2 is 2.00 bits per heavy atom. The number of carbonyl (C=O) groups is 2. The summed E-state index contributed by atoms with van der Waals surface area (Å²) in [6.07, 6.45) is 3.01. The number of rotatable bonds is 8. The van der Waals surface area contributed by atoms with Crippen LogP contribution in [0.5, 0.6) is 5.88 Å². The molecule has 122 valence electrons. The van der Waals surface area contributed by atoms with E-state index in [4.69, 9.17) is 9.84 Å². The molecule has 0 aromatic carbocycles. The molecule has 6 nitrogen and oxygen atoms in total. The van der Waals surface area contributed by atoms with Crippen molar-refractivity contribution in [1.82, 2.24) is 9.88 Å². The minimum atomic E-state index is -1.03. The van der Waals surface area contributed by atoms with E-state index in [1.807, 2.05) is 27.7 Å². The third-order valence-electron chi connectivity index (χ3n) is 3.57. The maximum absolute atomic E-state index is 12.6. The third kappa shape index (κ3) is 5.02. The highest BCUT2D eigenvalue weighted by atomic mass is 16.5. The Morgan fingerprint density at radius 1 is 1.32 bits per heavy atom. The molecule has 0 radical (unpaired) electrons. The Balaban J connectivity index is 2.98. The second kappa shape index (κ2) is 8.36. The predicted molar refractivity (Wildman–Crippen MR) is 83.0 cm³/mol. The van der Waals surface area contributed by atoms with Crippen molar-refractivity contribution in [2.45, 2.75) is 52.7 Å². The molecule has 1 aromatic rings. The molecule has 1 aromatic heterocycles. The summed E-state index contributed by atoms with van der Waals surface area (Å²) < 4.78 is 5.60. The molecule has 0 aliphatic carbocycles. The number of aliphatic carboxylic acids is 1. The number of carboxylic acid groups (broad SMARTS) is 1. The number of aromatic nitrogens is 1. The molecule has 1 amide bonds. The van der Waals surface area contributed by atoms with Crippen LogP contribution < -0.4 is 4.74 Å². The number of nitrogens with zero attached hydrogens (tertiary/aromatic N) is 2. The lowest BCUT2D eigenvalue weighted by Gasteiger charge is -2.27. The highest BCUT2D eigenvalue weighted by molar-refractivity contribution is 5.96. The molecule has 0 aliphatic heterocycles. The first-order chi connectivity index (χ1) is 10.4. The van der Waals surface area contributed by atoms with Gasteiger partial charge in [-0.15, -0.1) is 0 Å². The fraction of sp³-hybridized carbons (Fsp3) is 0.562. The molecule has 0 bridgehead atoms. The molecule has 1 rings (SSSR count). The lowest BCUT2D eigenvalue weighted by atomic mass is 10.1. The summed E-state index contributed by atoms with van der Waals surface area (Å²) in [5.41, 5.74) is 0.384. The number of pyridine rings is 1. The van der Waals surface area contributed by atoms with Crippen LogP contribution in [-0.2, 0) is 4.79 Å². The SMILES string of the molecule is CCC(C)Oc1cc(C(=O)N(CC(=O)O)C(C)CC)ccn1. The molecule has 22 heavy (non-hydrogen) atoms. The van der Waals surface area contributed by atoms with Crippen molar-refractivity contribution in [2.24, 2.45) is 0 Å². The maximum atomic E-state index is 12.6. The molecule has 0 saturated carbocycles. The monoisotopic (exact) mass is 308 g/mol. The van der Waals surface area contributed by atoms with Gasteiger partial charge in [-0.3, -0.25) is 9.59 Å². The summed E-state index contributed by atoms with van der Waals surface area (Å²) in [6, 6.07) is 2.98. The summed E-state index contributed by atoms with van der Waals surface area (Å²) in [4.78, 5) is 29.0. The fourth-order valence-electron chi connectivity index (χ4n) is 1.86. The molecular weight excluding hydrogens is 284 g/mol. The van der Waals surface area contributed by atoms with Crippen LogP contribution in [0.4, 0.5) is 0 Å². The van der Waals surface area contributed by atoms with E-state index in [9.17, 15) is 9.59 Å².